The fraction of sp³-hybridized carbons (Fsp3) is 0.500. The predicted molar refractivity (Wildman–Crippen MR) is 54.7 cm³/mol. The summed E-state index contributed by atoms with van der Waals surface area (Å²) in [5, 5.41) is 11.4. The number of aryl methyl sites for hydroxylation is 2. The highest BCUT2D eigenvalue weighted by atomic mass is 35.5. The van der Waals surface area contributed by atoms with Crippen molar-refractivity contribution in [1.82, 2.24) is 4.57 Å². The molecule has 0 unspecified atom stereocenters. The lowest BCUT2D eigenvalue weighted by atomic mass is 10.6. The molecule has 0 aliphatic carbocycles. The molecule has 0 aliphatic rings. The lowest BCUT2D eigenvalue weighted by Gasteiger charge is -1.97. The molecule has 1 aromatic heterocycles. The van der Waals surface area contributed by atoms with E-state index in [4.69, 9.17) is 5.21 Å². The minimum Gasteiger partial charge on any atom is -1.00 e. The highest BCUT2D eigenvalue weighted by Gasteiger charge is 2.14. The van der Waals surface area contributed by atoms with E-state index in [9.17, 15) is 8.42 Å². The summed E-state index contributed by atoms with van der Waals surface area (Å²) in [7, 11) is -1.20. The van der Waals surface area contributed by atoms with Crippen LogP contribution in [0.4, 0.5) is 0 Å². The Kier molecular flexibility index (Phi) is 5.46. The van der Waals surface area contributed by atoms with Gasteiger partial charge in [-0.05, 0) is 0 Å². The van der Waals surface area contributed by atoms with Crippen molar-refractivity contribution in [3.05, 3.63) is 18.2 Å². The predicted octanol–water partition coefficient (Wildman–Crippen LogP) is -3.83. The van der Waals surface area contributed by atoms with E-state index in [0.717, 1.165) is 0 Å². The molecular weight excluding hydrogens is 254 g/mol. The number of rotatable bonds is 4. The highest BCUT2D eigenvalue weighted by Crippen LogP contribution is 1.94. The quantitative estimate of drug-likeness (QED) is 0.263. The number of aromatic nitrogens is 2. The summed E-state index contributed by atoms with van der Waals surface area (Å²) in [4.78, 5) is 0. The third-order valence-corrected chi connectivity index (χ3v) is 2.93. The first-order valence-electron chi connectivity index (χ1n) is 4.34. The standard InChI is InChI=1S/C8H13N3O3S.ClH/c1-10-3-4-11(8(10)7-9-12)5-6-15(2,13)14;/h3-4,7H,5-6H2,1-2H3;1H. The van der Waals surface area contributed by atoms with Crippen LogP contribution >= 0.6 is 0 Å². The van der Waals surface area contributed by atoms with Crippen molar-refractivity contribution in [1.29, 1.82) is 0 Å². The van der Waals surface area contributed by atoms with Crippen LogP contribution in [0.1, 0.15) is 5.82 Å². The van der Waals surface area contributed by atoms with Gasteiger partial charge in [-0.1, -0.05) is 5.16 Å². The summed E-state index contributed by atoms with van der Waals surface area (Å²) in [5.74, 6) is 0.703. The van der Waals surface area contributed by atoms with E-state index < -0.39 is 9.84 Å². The molecule has 0 saturated carbocycles. The van der Waals surface area contributed by atoms with Crippen LogP contribution in [0.3, 0.4) is 0 Å². The van der Waals surface area contributed by atoms with Gasteiger partial charge in [0.2, 0.25) is 0 Å². The molecule has 92 valence electrons. The van der Waals surface area contributed by atoms with Gasteiger partial charge in [0.1, 0.15) is 18.9 Å². The topological polar surface area (TPSA) is 75.5 Å². The number of imidazole rings is 1. The summed E-state index contributed by atoms with van der Waals surface area (Å²) >= 11 is 0. The molecule has 0 amide bonds. The number of hydrogen-bond donors (Lipinski definition) is 1. The number of sulfone groups is 1. The summed E-state index contributed by atoms with van der Waals surface area (Å²) in [6.45, 7) is 0.348. The normalized spacial score (nSPS) is 11.6. The van der Waals surface area contributed by atoms with Crippen molar-refractivity contribution in [3.8, 4) is 0 Å². The Labute approximate surface area is 101 Å². The fourth-order valence-corrected chi connectivity index (χ4v) is 1.73. The molecule has 1 heterocycles. The average molecular weight is 268 g/mol. The van der Waals surface area contributed by atoms with Gasteiger partial charge in [0, 0.05) is 6.26 Å². The number of hydrogen-bond acceptors (Lipinski definition) is 4. The number of nitrogens with zero attached hydrogens (tertiary/aromatic N) is 3. The van der Waals surface area contributed by atoms with E-state index in [1.807, 2.05) is 0 Å². The molecule has 0 aliphatic heterocycles. The summed E-state index contributed by atoms with van der Waals surface area (Å²) < 4.78 is 25.4. The number of halogens is 1. The fourth-order valence-electron chi connectivity index (χ4n) is 1.21. The first-order valence-corrected chi connectivity index (χ1v) is 6.40. The van der Waals surface area contributed by atoms with E-state index in [2.05, 4.69) is 5.16 Å². The van der Waals surface area contributed by atoms with E-state index in [0.29, 0.717) is 12.4 Å². The number of oxime groups is 1. The molecule has 0 aromatic carbocycles. The Morgan fingerprint density at radius 2 is 2.25 bits per heavy atom. The average Bonchev–Trinajstić information content (AvgIpc) is 2.45. The zero-order chi connectivity index (χ0) is 11.5. The molecule has 1 aromatic rings. The van der Waals surface area contributed by atoms with Crippen LogP contribution in [0.15, 0.2) is 17.5 Å². The summed E-state index contributed by atoms with van der Waals surface area (Å²) in [6.07, 6.45) is 5.96. The SMILES string of the molecule is C[n+]1ccn(CCS(C)(=O)=O)c1/C=N/O.[Cl-]. The largest absolute Gasteiger partial charge is 1.00 e. The van der Waals surface area contributed by atoms with Gasteiger partial charge in [-0.2, -0.15) is 0 Å². The van der Waals surface area contributed by atoms with Gasteiger partial charge in [0.05, 0.1) is 12.8 Å². The zero-order valence-corrected chi connectivity index (χ0v) is 10.6. The minimum atomic E-state index is -2.98. The molecule has 16 heavy (non-hydrogen) atoms. The van der Waals surface area contributed by atoms with Crippen LogP contribution in [0, 0.1) is 0 Å². The lowest BCUT2D eigenvalue weighted by molar-refractivity contribution is -0.671. The molecule has 0 radical (unpaired) electrons. The van der Waals surface area contributed by atoms with Gasteiger partial charge in [0.25, 0.3) is 0 Å². The smallest absolute Gasteiger partial charge is 0.303 e. The maximum Gasteiger partial charge on any atom is 0.303 e. The Morgan fingerprint density at radius 3 is 2.75 bits per heavy atom. The molecule has 1 N–H and O–H groups in total. The second-order valence-corrected chi connectivity index (χ2v) is 5.59. The van der Waals surface area contributed by atoms with Crippen LogP contribution in [0.2, 0.25) is 0 Å². The van der Waals surface area contributed by atoms with Crippen molar-refractivity contribution in [2.75, 3.05) is 12.0 Å². The Morgan fingerprint density at radius 1 is 1.62 bits per heavy atom. The van der Waals surface area contributed by atoms with Crippen molar-refractivity contribution in [3.63, 3.8) is 0 Å². The molecule has 6 nitrogen and oxygen atoms in total. The molecule has 8 heteroatoms. The molecule has 0 atom stereocenters. The van der Waals surface area contributed by atoms with Gasteiger partial charge >= 0.3 is 5.82 Å². The molecule has 0 saturated heterocycles. The van der Waals surface area contributed by atoms with Crippen LogP contribution in [-0.2, 0) is 23.4 Å². The molecule has 0 spiro atoms. The van der Waals surface area contributed by atoms with Gasteiger partial charge in [0.15, 0.2) is 16.1 Å². The Hall–Kier alpha value is -1.08. The zero-order valence-electron chi connectivity index (χ0n) is 9.04. The van der Waals surface area contributed by atoms with E-state index in [1.165, 1.54) is 12.5 Å². The molecular formula is C8H14ClN3O3S. The van der Waals surface area contributed by atoms with E-state index >= 15 is 0 Å². The summed E-state index contributed by atoms with van der Waals surface area (Å²) in [5.41, 5.74) is 0. The van der Waals surface area contributed by atoms with E-state index in [1.54, 1.807) is 28.6 Å². The van der Waals surface area contributed by atoms with Gasteiger partial charge in [-0.15, -0.1) is 0 Å². The molecule has 0 bridgehead atoms. The Bertz CT molecular complexity index is 467. The van der Waals surface area contributed by atoms with Crippen molar-refractivity contribution < 1.29 is 30.6 Å². The van der Waals surface area contributed by atoms with E-state index in [-0.39, 0.29) is 18.2 Å². The lowest BCUT2D eigenvalue weighted by Crippen LogP contribution is -3.00. The summed E-state index contributed by atoms with van der Waals surface area (Å²) in [6, 6.07) is 0. The first-order chi connectivity index (χ1) is 6.94. The maximum absolute atomic E-state index is 11.0. The third-order valence-electron chi connectivity index (χ3n) is 2.00. The third kappa shape index (κ3) is 4.19. The van der Waals surface area contributed by atoms with Gasteiger partial charge < -0.3 is 17.6 Å². The van der Waals surface area contributed by atoms with Gasteiger partial charge in [-0.25, -0.2) is 17.6 Å². The van der Waals surface area contributed by atoms with Crippen LogP contribution in [-0.4, -0.2) is 36.4 Å². The van der Waals surface area contributed by atoms with Crippen LogP contribution in [0.25, 0.3) is 0 Å². The molecule has 0 fully saturated rings. The van der Waals surface area contributed by atoms with Crippen molar-refractivity contribution >= 4 is 16.1 Å². The molecule has 1 rings (SSSR count). The minimum absolute atomic E-state index is 0. The monoisotopic (exact) mass is 267 g/mol. The van der Waals surface area contributed by atoms with Crippen molar-refractivity contribution in [2.24, 2.45) is 12.2 Å². The van der Waals surface area contributed by atoms with Crippen LogP contribution in [0.5, 0.6) is 0 Å². The van der Waals surface area contributed by atoms with Crippen LogP contribution < -0.4 is 17.0 Å². The van der Waals surface area contributed by atoms with Crippen molar-refractivity contribution in [2.45, 2.75) is 6.54 Å². The Balaban J connectivity index is 0.00000225. The second kappa shape index (κ2) is 5.86. The first kappa shape index (κ1) is 14.9. The van der Waals surface area contributed by atoms with Gasteiger partial charge in [-0.3, -0.25) is 0 Å². The second-order valence-electron chi connectivity index (χ2n) is 3.34. The highest BCUT2D eigenvalue weighted by molar-refractivity contribution is 7.90. The maximum atomic E-state index is 11.0.